The third-order valence-electron chi connectivity index (χ3n) is 4.44. The minimum atomic E-state index is -0.526. The Morgan fingerprint density at radius 1 is 1.20 bits per heavy atom. The number of carbonyl (C=O) groups is 1. The molecule has 1 amide bonds. The van der Waals surface area contributed by atoms with Gasteiger partial charge in [-0.05, 0) is 32.9 Å². The second kappa shape index (κ2) is 8.95. The minimum absolute atomic E-state index is 0.0135. The lowest BCUT2D eigenvalue weighted by atomic mass is 10.1. The van der Waals surface area contributed by atoms with E-state index in [1.54, 1.807) is 11.0 Å². The summed E-state index contributed by atoms with van der Waals surface area (Å²) in [5, 5.41) is 8.81. The summed E-state index contributed by atoms with van der Waals surface area (Å²) in [5.41, 5.74) is 0.0628. The number of benzene rings is 1. The zero-order valence-corrected chi connectivity index (χ0v) is 17.3. The molecule has 0 bridgehead atoms. The zero-order chi connectivity index (χ0) is 21.7. The molecule has 9 heteroatoms. The molecule has 0 saturated carbocycles. The lowest BCUT2D eigenvalue weighted by molar-refractivity contribution is 0.0240. The molecule has 1 fully saturated rings. The van der Waals surface area contributed by atoms with Crippen molar-refractivity contribution < 1.29 is 18.7 Å². The van der Waals surface area contributed by atoms with E-state index in [0.29, 0.717) is 43.4 Å². The first-order valence-corrected chi connectivity index (χ1v) is 9.61. The third kappa shape index (κ3) is 5.56. The molecular weight excluding hydrogens is 389 g/mol. The van der Waals surface area contributed by atoms with Gasteiger partial charge in [0.05, 0.1) is 11.6 Å². The predicted molar refractivity (Wildman–Crippen MR) is 107 cm³/mol. The maximum Gasteiger partial charge on any atom is 0.410 e. The third-order valence-corrected chi connectivity index (χ3v) is 4.44. The van der Waals surface area contributed by atoms with Gasteiger partial charge in [0.2, 0.25) is 5.88 Å². The first kappa shape index (κ1) is 21.3. The summed E-state index contributed by atoms with van der Waals surface area (Å²) < 4.78 is 25.0. The number of carbonyl (C=O) groups excluding carboxylic acids is 1. The van der Waals surface area contributed by atoms with E-state index in [-0.39, 0.29) is 18.3 Å². The average Bonchev–Trinajstić information content (AvgIpc) is 2.72. The fourth-order valence-electron chi connectivity index (χ4n) is 2.91. The minimum Gasteiger partial charge on any atom is -0.473 e. The highest BCUT2D eigenvalue weighted by atomic mass is 19.1. The molecule has 0 aliphatic carbocycles. The molecule has 2 heterocycles. The largest absolute Gasteiger partial charge is 0.473 e. The Balaban J connectivity index is 1.57. The van der Waals surface area contributed by atoms with Crippen LogP contribution in [-0.4, -0.2) is 52.7 Å². The van der Waals surface area contributed by atoms with Gasteiger partial charge >= 0.3 is 6.09 Å². The van der Waals surface area contributed by atoms with E-state index in [9.17, 15) is 9.18 Å². The van der Waals surface area contributed by atoms with Crippen molar-refractivity contribution in [2.24, 2.45) is 0 Å². The highest BCUT2D eigenvalue weighted by Gasteiger charge is 2.26. The summed E-state index contributed by atoms with van der Waals surface area (Å²) in [6.45, 7) is 7.74. The van der Waals surface area contributed by atoms with Gasteiger partial charge in [-0.3, -0.25) is 0 Å². The van der Waals surface area contributed by atoms with E-state index in [4.69, 9.17) is 14.7 Å². The van der Waals surface area contributed by atoms with Crippen LogP contribution < -0.4 is 9.64 Å². The topological polar surface area (TPSA) is 91.6 Å². The highest BCUT2D eigenvalue weighted by Crippen LogP contribution is 2.20. The standard InChI is InChI=1S/C21H24FN5O3/c1-21(2,3)30-20(28)27-8-6-26(7-9-27)18-11-19(25-14-24-18)29-13-16-5-4-15(12-23)10-17(16)22/h4-5,10-11,14H,6-9,13H2,1-3H3. The molecule has 1 aliphatic rings. The number of hydrogen-bond acceptors (Lipinski definition) is 7. The number of amides is 1. The summed E-state index contributed by atoms with van der Waals surface area (Å²) in [5.74, 6) is 0.490. The van der Waals surface area contributed by atoms with Gasteiger partial charge in [-0.15, -0.1) is 0 Å². The van der Waals surface area contributed by atoms with Crippen molar-refractivity contribution in [3.8, 4) is 11.9 Å². The predicted octanol–water partition coefficient (Wildman–Crippen LogP) is 3.12. The maximum atomic E-state index is 14.0. The Bertz CT molecular complexity index is 946. The number of rotatable bonds is 4. The Morgan fingerprint density at radius 2 is 1.93 bits per heavy atom. The molecule has 1 aromatic carbocycles. The van der Waals surface area contributed by atoms with Gasteiger partial charge in [0, 0.05) is 37.8 Å². The Kier molecular flexibility index (Phi) is 6.35. The van der Waals surface area contributed by atoms with E-state index in [1.807, 2.05) is 31.7 Å². The molecule has 0 N–H and O–H groups in total. The van der Waals surface area contributed by atoms with Crippen molar-refractivity contribution in [3.05, 3.63) is 47.5 Å². The fraction of sp³-hybridized carbons (Fsp3) is 0.429. The molecule has 0 radical (unpaired) electrons. The number of nitrogens with zero attached hydrogens (tertiary/aromatic N) is 5. The summed E-state index contributed by atoms with van der Waals surface area (Å²) in [7, 11) is 0. The quantitative estimate of drug-likeness (QED) is 0.760. The highest BCUT2D eigenvalue weighted by molar-refractivity contribution is 5.68. The first-order chi connectivity index (χ1) is 14.2. The Morgan fingerprint density at radius 3 is 2.57 bits per heavy atom. The Labute approximate surface area is 174 Å². The summed E-state index contributed by atoms with van der Waals surface area (Å²) in [4.78, 5) is 24.2. The molecule has 1 aromatic heterocycles. The van der Waals surface area contributed by atoms with Gasteiger partial charge < -0.3 is 19.3 Å². The number of hydrogen-bond donors (Lipinski definition) is 0. The van der Waals surface area contributed by atoms with Gasteiger partial charge in [0.1, 0.15) is 30.2 Å². The van der Waals surface area contributed by atoms with E-state index in [1.165, 1.54) is 24.5 Å². The normalized spacial score (nSPS) is 14.2. The molecule has 0 spiro atoms. The number of halogens is 1. The van der Waals surface area contributed by atoms with Crippen LogP contribution in [0.5, 0.6) is 5.88 Å². The molecule has 30 heavy (non-hydrogen) atoms. The van der Waals surface area contributed by atoms with Crippen LogP contribution in [0, 0.1) is 17.1 Å². The number of ether oxygens (including phenoxy) is 2. The average molecular weight is 413 g/mol. The first-order valence-electron chi connectivity index (χ1n) is 9.61. The molecule has 158 valence electrons. The summed E-state index contributed by atoms with van der Waals surface area (Å²) in [6, 6.07) is 7.81. The van der Waals surface area contributed by atoms with Crippen LogP contribution in [0.3, 0.4) is 0 Å². The van der Waals surface area contributed by atoms with Crippen LogP contribution in [0.2, 0.25) is 0 Å². The van der Waals surface area contributed by atoms with Crippen molar-refractivity contribution in [1.29, 1.82) is 5.26 Å². The molecule has 3 rings (SSSR count). The monoisotopic (exact) mass is 413 g/mol. The number of nitriles is 1. The molecule has 2 aromatic rings. The van der Waals surface area contributed by atoms with Gasteiger partial charge in [-0.1, -0.05) is 6.07 Å². The van der Waals surface area contributed by atoms with Crippen molar-refractivity contribution >= 4 is 11.9 Å². The van der Waals surface area contributed by atoms with E-state index < -0.39 is 11.4 Å². The fourth-order valence-corrected chi connectivity index (χ4v) is 2.91. The molecule has 8 nitrogen and oxygen atoms in total. The van der Waals surface area contributed by atoms with Crippen LogP contribution in [-0.2, 0) is 11.3 Å². The number of aromatic nitrogens is 2. The van der Waals surface area contributed by atoms with E-state index in [0.717, 1.165) is 0 Å². The Hall–Kier alpha value is -3.41. The summed E-state index contributed by atoms with van der Waals surface area (Å²) >= 11 is 0. The molecule has 0 unspecified atom stereocenters. The lowest BCUT2D eigenvalue weighted by Crippen LogP contribution is -2.50. The van der Waals surface area contributed by atoms with E-state index in [2.05, 4.69) is 9.97 Å². The lowest BCUT2D eigenvalue weighted by Gasteiger charge is -2.36. The zero-order valence-electron chi connectivity index (χ0n) is 17.3. The van der Waals surface area contributed by atoms with E-state index >= 15 is 0 Å². The van der Waals surface area contributed by atoms with Crippen molar-refractivity contribution in [3.63, 3.8) is 0 Å². The van der Waals surface area contributed by atoms with Gasteiger partial charge in [0.25, 0.3) is 0 Å². The summed E-state index contributed by atoms with van der Waals surface area (Å²) in [6.07, 6.45) is 1.07. The van der Waals surface area contributed by atoms with Crippen LogP contribution in [0.1, 0.15) is 31.9 Å². The van der Waals surface area contributed by atoms with Crippen molar-refractivity contribution in [2.45, 2.75) is 33.0 Å². The molecular formula is C21H24FN5O3. The SMILES string of the molecule is CC(C)(C)OC(=O)N1CCN(c2cc(OCc3ccc(C#N)cc3F)ncn2)CC1. The second-order valence-electron chi connectivity index (χ2n) is 7.88. The molecule has 1 aliphatic heterocycles. The number of piperazine rings is 1. The van der Waals surface area contributed by atoms with Crippen molar-refractivity contribution in [2.75, 3.05) is 31.1 Å². The molecule has 0 atom stereocenters. The van der Waals surface area contributed by atoms with Crippen molar-refractivity contribution in [1.82, 2.24) is 14.9 Å². The maximum absolute atomic E-state index is 14.0. The van der Waals surface area contributed by atoms with Crippen LogP contribution in [0.25, 0.3) is 0 Å². The van der Waals surface area contributed by atoms with Gasteiger partial charge in [-0.2, -0.15) is 5.26 Å². The second-order valence-corrected chi connectivity index (χ2v) is 7.88. The van der Waals surface area contributed by atoms with Gasteiger partial charge in [0.15, 0.2) is 0 Å². The molecule has 1 saturated heterocycles. The van der Waals surface area contributed by atoms with Crippen LogP contribution in [0.4, 0.5) is 15.0 Å². The van der Waals surface area contributed by atoms with Gasteiger partial charge in [-0.25, -0.2) is 19.2 Å². The number of anilines is 1. The van der Waals surface area contributed by atoms with Crippen LogP contribution in [0.15, 0.2) is 30.6 Å². The smallest absolute Gasteiger partial charge is 0.410 e. The van der Waals surface area contributed by atoms with Crippen LogP contribution >= 0.6 is 0 Å².